The van der Waals surface area contributed by atoms with Gasteiger partial charge in [-0.15, -0.1) is 0 Å². The fourth-order valence-electron chi connectivity index (χ4n) is 3.00. The number of hydrogen-bond donors (Lipinski definition) is 1. The zero-order valence-corrected chi connectivity index (χ0v) is 9.05. The highest BCUT2D eigenvalue weighted by Crippen LogP contribution is 2.33. The minimum Gasteiger partial charge on any atom is -0.313 e. The third kappa shape index (κ3) is 2.25. The van der Waals surface area contributed by atoms with Crippen LogP contribution < -0.4 is 5.32 Å². The van der Waals surface area contributed by atoms with Crippen molar-refractivity contribution >= 4 is 0 Å². The molecule has 1 heterocycles. The van der Waals surface area contributed by atoms with Crippen LogP contribution in [0.1, 0.15) is 46.0 Å². The Morgan fingerprint density at radius 1 is 0.923 bits per heavy atom. The molecule has 1 nitrogen and oxygen atoms in total. The van der Waals surface area contributed by atoms with Crippen LogP contribution in [0.5, 0.6) is 0 Å². The molecule has 1 saturated carbocycles. The molecule has 1 N–H and O–H groups in total. The van der Waals surface area contributed by atoms with Crippen LogP contribution in [0.2, 0.25) is 0 Å². The quantitative estimate of drug-likeness (QED) is 0.656. The molecular formula is C12H23N. The van der Waals surface area contributed by atoms with Crippen molar-refractivity contribution in [3.05, 3.63) is 0 Å². The maximum absolute atomic E-state index is 3.69. The van der Waals surface area contributed by atoms with Crippen LogP contribution in [0.15, 0.2) is 0 Å². The molecule has 2 atom stereocenters. The third-order valence-corrected chi connectivity index (χ3v) is 4.01. The second kappa shape index (κ2) is 4.00. The van der Waals surface area contributed by atoms with Gasteiger partial charge in [-0.05, 0) is 43.6 Å². The molecule has 0 spiro atoms. The highest BCUT2D eigenvalue weighted by molar-refractivity contribution is 4.87. The van der Waals surface area contributed by atoms with E-state index in [1.165, 1.54) is 38.6 Å². The summed E-state index contributed by atoms with van der Waals surface area (Å²) in [5.74, 6) is 2.92. The van der Waals surface area contributed by atoms with E-state index in [2.05, 4.69) is 19.2 Å². The lowest BCUT2D eigenvalue weighted by molar-refractivity contribution is 0.241. The maximum Gasteiger partial charge on any atom is 0.00984 e. The molecule has 2 fully saturated rings. The number of nitrogens with one attached hydrogen (secondary N) is 1. The Hall–Kier alpha value is -0.0400. The highest BCUT2D eigenvalue weighted by atomic mass is 15.0. The van der Waals surface area contributed by atoms with E-state index in [-0.39, 0.29) is 0 Å². The Morgan fingerprint density at radius 2 is 1.62 bits per heavy atom. The minimum absolute atomic E-state index is 0.863. The standard InChI is InChI=1S/C12H23N/c1-9-3-5-11(6-4-9)12-7-10(2)8-13-12/h9-13H,3-8H2,1-2H3. The van der Waals surface area contributed by atoms with Crippen LogP contribution in [-0.2, 0) is 0 Å². The van der Waals surface area contributed by atoms with Crippen molar-refractivity contribution in [2.24, 2.45) is 17.8 Å². The van der Waals surface area contributed by atoms with Crippen molar-refractivity contribution < 1.29 is 0 Å². The molecular weight excluding hydrogens is 158 g/mol. The lowest BCUT2D eigenvalue weighted by Gasteiger charge is -2.30. The first-order chi connectivity index (χ1) is 6.25. The predicted octanol–water partition coefficient (Wildman–Crippen LogP) is 2.81. The fraction of sp³-hybridized carbons (Fsp3) is 1.00. The average molecular weight is 181 g/mol. The van der Waals surface area contributed by atoms with E-state index in [0.717, 1.165) is 23.8 Å². The largest absolute Gasteiger partial charge is 0.313 e. The van der Waals surface area contributed by atoms with Gasteiger partial charge in [0.25, 0.3) is 0 Å². The molecule has 0 aromatic rings. The van der Waals surface area contributed by atoms with Crippen LogP contribution in [0.25, 0.3) is 0 Å². The Morgan fingerprint density at radius 3 is 2.15 bits per heavy atom. The second-order valence-electron chi connectivity index (χ2n) is 5.38. The molecule has 13 heavy (non-hydrogen) atoms. The van der Waals surface area contributed by atoms with E-state index >= 15 is 0 Å². The zero-order chi connectivity index (χ0) is 9.26. The van der Waals surface area contributed by atoms with Gasteiger partial charge in [-0.3, -0.25) is 0 Å². The second-order valence-corrected chi connectivity index (χ2v) is 5.38. The first-order valence-electron chi connectivity index (χ1n) is 5.99. The van der Waals surface area contributed by atoms with Gasteiger partial charge in [-0.25, -0.2) is 0 Å². The summed E-state index contributed by atoms with van der Waals surface area (Å²) in [6, 6.07) is 0.863. The summed E-state index contributed by atoms with van der Waals surface area (Å²) in [7, 11) is 0. The lowest BCUT2D eigenvalue weighted by Crippen LogP contribution is -2.32. The van der Waals surface area contributed by atoms with Gasteiger partial charge in [0.15, 0.2) is 0 Å². The normalized spacial score (nSPS) is 46.6. The van der Waals surface area contributed by atoms with Crippen LogP contribution in [-0.4, -0.2) is 12.6 Å². The van der Waals surface area contributed by atoms with Gasteiger partial charge in [0.2, 0.25) is 0 Å². The molecule has 0 bridgehead atoms. The summed E-state index contributed by atoms with van der Waals surface area (Å²) in [4.78, 5) is 0. The Bertz CT molecular complexity index is 159. The van der Waals surface area contributed by atoms with Crippen LogP contribution in [0.4, 0.5) is 0 Å². The summed E-state index contributed by atoms with van der Waals surface area (Å²) < 4.78 is 0. The summed E-state index contributed by atoms with van der Waals surface area (Å²) >= 11 is 0. The van der Waals surface area contributed by atoms with E-state index in [0.29, 0.717) is 0 Å². The summed E-state index contributed by atoms with van der Waals surface area (Å²) in [6.07, 6.45) is 7.32. The van der Waals surface area contributed by atoms with Crippen molar-refractivity contribution in [1.29, 1.82) is 0 Å². The van der Waals surface area contributed by atoms with Crippen LogP contribution in [0.3, 0.4) is 0 Å². The monoisotopic (exact) mass is 181 g/mol. The molecule has 0 radical (unpaired) electrons. The third-order valence-electron chi connectivity index (χ3n) is 4.01. The predicted molar refractivity (Wildman–Crippen MR) is 56.7 cm³/mol. The summed E-state index contributed by atoms with van der Waals surface area (Å²) in [5, 5.41) is 3.69. The van der Waals surface area contributed by atoms with Crippen molar-refractivity contribution in [1.82, 2.24) is 5.32 Å². The van der Waals surface area contributed by atoms with Crippen LogP contribution >= 0.6 is 0 Å². The van der Waals surface area contributed by atoms with Gasteiger partial charge in [-0.1, -0.05) is 26.7 Å². The Labute approximate surface area is 82.3 Å². The molecule has 0 aromatic heterocycles. The summed E-state index contributed by atoms with van der Waals surface area (Å²) in [6.45, 7) is 6.04. The molecule has 1 aliphatic carbocycles. The lowest BCUT2D eigenvalue weighted by atomic mass is 9.78. The van der Waals surface area contributed by atoms with Crippen molar-refractivity contribution in [3.8, 4) is 0 Å². The Kier molecular flexibility index (Phi) is 2.92. The molecule has 2 rings (SSSR count). The van der Waals surface area contributed by atoms with Crippen molar-refractivity contribution in [2.45, 2.75) is 52.0 Å². The zero-order valence-electron chi connectivity index (χ0n) is 9.05. The average Bonchev–Trinajstić information content (AvgIpc) is 2.53. The molecule has 0 aromatic carbocycles. The Balaban J connectivity index is 1.81. The van der Waals surface area contributed by atoms with E-state index in [9.17, 15) is 0 Å². The summed E-state index contributed by atoms with van der Waals surface area (Å²) in [5.41, 5.74) is 0. The SMILES string of the molecule is CC1CCC(C2CC(C)CN2)CC1. The van der Waals surface area contributed by atoms with E-state index in [1.54, 1.807) is 0 Å². The van der Waals surface area contributed by atoms with E-state index in [4.69, 9.17) is 0 Å². The molecule has 1 saturated heterocycles. The molecule has 1 aliphatic heterocycles. The van der Waals surface area contributed by atoms with Crippen molar-refractivity contribution in [2.75, 3.05) is 6.54 Å². The molecule has 2 aliphatic rings. The number of hydrogen-bond acceptors (Lipinski definition) is 1. The highest BCUT2D eigenvalue weighted by Gasteiger charge is 2.30. The van der Waals surface area contributed by atoms with Crippen molar-refractivity contribution in [3.63, 3.8) is 0 Å². The van der Waals surface area contributed by atoms with E-state index < -0.39 is 0 Å². The molecule has 2 unspecified atom stereocenters. The topological polar surface area (TPSA) is 12.0 Å². The van der Waals surface area contributed by atoms with Gasteiger partial charge >= 0.3 is 0 Å². The van der Waals surface area contributed by atoms with Gasteiger partial charge in [0.1, 0.15) is 0 Å². The van der Waals surface area contributed by atoms with Gasteiger partial charge < -0.3 is 5.32 Å². The maximum atomic E-state index is 3.69. The van der Waals surface area contributed by atoms with E-state index in [1.807, 2.05) is 0 Å². The number of rotatable bonds is 1. The van der Waals surface area contributed by atoms with Gasteiger partial charge in [-0.2, -0.15) is 0 Å². The first kappa shape index (κ1) is 9.51. The molecule has 76 valence electrons. The molecule has 1 heteroatoms. The first-order valence-corrected chi connectivity index (χ1v) is 5.99. The van der Waals surface area contributed by atoms with Crippen LogP contribution in [0, 0.1) is 17.8 Å². The smallest absolute Gasteiger partial charge is 0.00984 e. The molecule has 0 amide bonds. The minimum atomic E-state index is 0.863. The fourth-order valence-corrected chi connectivity index (χ4v) is 3.00. The van der Waals surface area contributed by atoms with Gasteiger partial charge in [0, 0.05) is 6.04 Å². The van der Waals surface area contributed by atoms with Gasteiger partial charge in [0.05, 0.1) is 0 Å².